The molecule has 4 rings (SSSR count). The van der Waals surface area contributed by atoms with Crippen molar-refractivity contribution in [2.45, 2.75) is 13.8 Å². The molecule has 28 heavy (non-hydrogen) atoms. The Morgan fingerprint density at radius 2 is 1.04 bits per heavy atom. The summed E-state index contributed by atoms with van der Waals surface area (Å²) in [6.45, 7) is 4.06. The zero-order chi connectivity index (χ0) is 19.8. The van der Waals surface area contributed by atoms with Crippen LogP contribution in [-0.4, -0.2) is 5.78 Å². The van der Waals surface area contributed by atoms with Crippen LogP contribution in [0.4, 0.5) is 0 Å². The molecule has 0 atom stereocenters. The lowest BCUT2D eigenvalue weighted by Gasteiger charge is -2.06. The van der Waals surface area contributed by atoms with Crippen LogP contribution in [0.25, 0.3) is 22.3 Å². The first-order valence-electron chi connectivity index (χ1n) is 8.70. The maximum absolute atomic E-state index is 13.6. The molecule has 0 spiro atoms. The van der Waals surface area contributed by atoms with Crippen LogP contribution >= 0.6 is 45.9 Å². The second-order valence-corrected chi connectivity index (χ2v) is 9.93. The van der Waals surface area contributed by atoms with Crippen LogP contribution < -0.4 is 0 Å². The van der Waals surface area contributed by atoms with Gasteiger partial charge in [0.25, 0.3) is 0 Å². The number of carbonyl (C=O) groups is 1. The van der Waals surface area contributed by atoms with Gasteiger partial charge in [-0.15, -0.1) is 22.7 Å². The Labute approximate surface area is 182 Å². The van der Waals surface area contributed by atoms with E-state index in [1.807, 2.05) is 62.4 Å². The molecule has 4 aromatic rings. The summed E-state index contributed by atoms with van der Waals surface area (Å²) in [5, 5.41) is 1.37. The summed E-state index contributed by atoms with van der Waals surface area (Å²) in [6, 6.07) is 19.4. The quantitative estimate of drug-likeness (QED) is 0.290. The highest BCUT2D eigenvalue weighted by Crippen LogP contribution is 2.38. The molecule has 1 nitrogen and oxygen atoms in total. The molecule has 2 aromatic heterocycles. The minimum Gasteiger partial charge on any atom is -0.287 e. The Hall–Kier alpha value is -1.91. The number of hydrogen-bond donors (Lipinski definition) is 0. The van der Waals surface area contributed by atoms with Gasteiger partial charge in [-0.25, -0.2) is 0 Å². The fraction of sp³-hybridized carbons (Fsp3) is 0.0870. The molecule has 0 radical (unpaired) electrons. The summed E-state index contributed by atoms with van der Waals surface area (Å²) in [4.78, 5) is 17.3. The third-order valence-corrected chi connectivity index (χ3v) is 7.04. The number of thiophene rings is 2. The first-order valence-corrected chi connectivity index (χ1v) is 11.1. The number of rotatable bonds is 4. The van der Waals surface area contributed by atoms with Crippen molar-refractivity contribution in [1.29, 1.82) is 0 Å². The summed E-state index contributed by atoms with van der Waals surface area (Å²) >= 11 is 15.1. The molecule has 2 heterocycles. The molecule has 0 bridgehead atoms. The molecule has 0 saturated carbocycles. The van der Waals surface area contributed by atoms with Gasteiger partial charge in [0.05, 0.1) is 9.75 Å². The van der Waals surface area contributed by atoms with Crippen LogP contribution in [0.1, 0.15) is 24.3 Å². The van der Waals surface area contributed by atoms with Gasteiger partial charge < -0.3 is 0 Å². The standard InChI is InChI=1S/C23H16Cl2OS2/c1-13-11-19(15-3-7-17(24)8-4-15)22(27-13)21(26)23-20(12-14(2)28-23)16-5-9-18(25)10-6-16/h3-12H,1-2H3. The zero-order valence-electron chi connectivity index (χ0n) is 15.3. The van der Waals surface area contributed by atoms with E-state index in [2.05, 4.69) is 12.1 Å². The Bertz CT molecular complexity index is 1060. The largest absolute Gasteiger partial charge is 0.287 e. The molecule has 5 heteroatoms. The van der Waals surface area contributed by atoms with E-state index in [1.165, 1.54) is 22.7 Å². The Balaban J connectivity index is 1.81. The second-order valence-electron chi connectivity index (χ2n) is 6.54. The van der Waals surface area contributed by atoms with Crippen molar-refractivity contribution in [2.75, 3.05) is 0 Å². The fourth-order valence-electron chi connectivity index (χ4n) is 3.16. The number of aryl methyl sites for hydroxylation is 2. The summed E-state index contributed by atoms with van der Waals surface area (Å²) in [5.74, 6) is 0.0612. The van der Waals surface area contributed by atoms with Gasteiger partial charge in [0.2, 0.25) is 5.78 Å². The van der Waals surface area contributed by atoms with Crippen molar-refractivity contribution in [2.24, 2.45) is 0 Å². The maximum atomic E-state index is 13.6. The van der Waals surface area contributed by atoms with Crippen LogP contribution in [0.2, 0.25) is 10.0 Å². The minimum atomic E-state index is 0.0612. The van der Waals surface area contributed by atoms with E-state index in [1.54, 1.807) is 0 Å². The van der Waals surface area contributed by atoms with E-state index < -0.39 is 0 Å². The van der Waals surface area contributed by atoms with Gasteiger partial charge in [-0.05, 0) is 61.4 Å². The van der Waals surface area contributed by atoms with Gasteiger partial charge in [-0.1, -0.05) is 47.5 Å². The average molecular weight is 443 g/mol. The van der Waals surface area contributed by atoms with Crippen LogP contribution in [0.15, 0.2) is 60.7 Å². The normalized spacial score (nSPS) is 11.0. The number of ketones is 1. The van der Waals surface area contributed by atoms with E-state index >= 15 is 0 Å². The molecule has 0 saturated heterocycles. The summed E-state index contributed by atoms with van der Waals surface area (Å²) in [5.41, 5.74) is 3.91. The van der Waals surface area contributed by atoms with Gasteiger partial charge in [-0.3, -0.25) is 4.79 Å². The zero-order valence-corrected chi connectivity index (χ0v) is 18.4. The molecule has 2 aromatic carbocycles. The third kappa shape index (κ3) is 3.81. The monoisotopic (exact) mass is 442 g/mol. The third-order valence-electron chi connectivity index (χ3n) is 4.43. The van der Waals surface area contributed by atoms with E-state index in [0.29, 0.717) is 10.0 Å². The van der Waals surface area contributed by atoms with Crippen molar-refractivity contribution in [3.8, 4) is 22.3 Å². The Morgan fingerprint density at radius 3 is 1.39 bits per heavy atom. The van der Waals surface area contributed by atoms with Crippen LogP contribution in [0, 0.1) is 13.8 Å². The number of halogens is 2. The lowest BCUT2D eigenvalue weighted by Crippen LogP contribution is -1.99. The highest BCUT2D eigenvalue weighted by atomic mass is 35.5. The highest BCUT2D eigenvalue weighted by Gasteiger charge is 2.23. The smallest absolute Gasteiger partial charge is 0.214 e. The molecule has 0 unspecified atom stereocenters. The van der Waals surface area contributed by atoms with Gasteiger partial charge in [-0.2, -0.15) is 0 Å². The molecule has 0 aliphatic carbocycles. The second kappa shape index (κ2) is 7.84. The van der Waals surface area contributed by atoms with Crippen LogP contribution in [0.3, 0.4) is 0 Å². The number of hydrogen-bond acceptors (Lipinski definition) is 3. The van der Waals surface area contributed by atoms with Crippen molar-refractivity contribution in [3.05, 3.63) is 90.2 Å². The molecule has 0 fully saturated rings. The van der Waals surface area contributed by atoms with E-state index in [-0.39, 0.29) is 5.78 Å². The van der Waals surface area contributed by atoms with Gasteiger partial charge in [0, 0.05) is 30.9 Å². The first-order chi connectivity index (χ1) is 13.4. The van der Waals surface area contributed by atoms with E-state index in [4.69, 9.17) is 23.2 Å². The lowest BCUT2D eigenvalue weighted by atomic mass is 10.0. The van der Waals surface area contributed by atoms with Crippen molar-refractivity contribution >= 4 is 51.7 Å². The molecular weight excluding hydrogens is 427 g/mol. The SMILES string of the molecule is Cc1cc(-c2ccc(Cl)cc2)c(C(=O)c2sc(C)cc2-c2ccc(Cl)cc2)s1. The summed E-state index contributed by atoms with van der Waals surface area (Å²) in [7, 11) is 0. The number of carbonyl (C=O) groups excluding carboxylic acids is 1. The van der Waals surface area contributed by atoms with Gasteiger partial charge >= 0.3 is 0 Å². The Morgan fingerprint density at radius 1 is 0.679 bits per heavy atom. The topological polar surface area (TPSA) is 17.1 Å². The van der Waals surface area contributed by atoms with Gasteiger partial charge in [0.15, 0.2) is 0 Å². The van der Waals surface area contributed by atoms with Crippen LogP contribution in [0.5, 0.6) is 0 Å². The van der Waals surface area contributed by atoms with Crippen LogP contribution in [-0.2, 0) is 0 Å². The van der Waals surface area contributed by atoms with Crippen molar-refractivity contribution < 1.29 is 4.79 Å². The van der Waals surface area contributed by atoms with Gasteiger partial charge in [0.1, 0.15) is 0 Å². The predicted molar refractivity (Wildman–Crippen MR) is 122 cm³/mol. The highest BCUT2D eigenvalue weighted by molar-refractivity contribution is 7.18. The van der Waals surface area contributed by atoms with Crippen molar-refractivity contribution in [1.82, 2.24) is 0 Å². The molecule has 140 valence electrons. The predicted octanol–water partition coefficient (Wildman–Crippen LogP) is 8.30. The van der Waals surface area contributed by atoms with E-state index in [0.717, 1.165) is 41.8 Å². The number of benzene rings is 2. The van der Waals surface area contributed by atoms with Crippen molar-refractivity contribution in [3.63, 3.8) is 0 Å². The maximum Gasteiger partial charge on any atom is 0.214 e. The summed E-state index contributed by atoms with van der Waals surface area (Å²) < 4.78 is 0. The molecule has 0 amide bonds. The molecule has 0 aliphatic rings. The van der Waals surface area contributed by atoms with E-state index in [9.17, 15) is 4.79 Å². The average Bonchev–Trinajstić information content (AvgIpc) is 3.25. The minimum absolute atomic E-state index is 0.0612. The summed E-state index contributed by atoms with van der Waals surface area (Å²) in [6.07, 6.45) is 0. The lowest BCUT2D eigenvalue weighted by molar-refractivity contribution is 0.104. The fourth-order valence-corrected chi connectivity index (χ4v) is 5.43. The molecular formula is C23H16Cl2OS2. The first kappa shape index (κ1) is 19.4. The molecule has 0 aliphatic heterocycles. The molecule has 0 N–H and O–H groups in total. The Kier molecular flexibility index (Phi) is 5.44.